The number of benzene rings is 1. The fourth-order valence-electron chi connectivity index (χ4n) is 2.28. The molecule has 0 amide bonds. The van der Waals surface area contributed by atoms with Crippen molar-refractivity contribution in [3.8, 4) is 5.75 Å². The monoisotopic (exact) mass is 394 g/mol. The Morgan fingerprint density at radius 1 is 1.38 bits per heavy atom. The highest BCUT2D eigenvalue weighted by Crippen LogP contribution is 2.38. The van der Waals surface area contributed by atoms with E-state index in [4.69, 9.17) is 10.1 Å². The van der Waals surface area contributed by atoms with Crippen molar-refractivity contribution < 1.29 is 4.74 Å². The number of ether oxygens (including phenoxy) is 1. The van der Waals surface area contributed by atoms with Crippen LogP contribution in [0.4, 0.5) is 11.4 Å². The van der Waals surface area contributed by atoms with Crippen LogP contribution in [0.3, 0.4) is 0 Å². The molecule has 0 saturated carbocycles. The molecule has 1 aliphatic heterocycles. The van der Waals surface area contributed by atoms with Gasteiger partial charge >= 0.3 is 0 Å². The van der Waals surface area contributed by atoms with Gasteiger partial charge in [-0.1, -0.05) is 0 Å². The van der Waals surface area contributed by atoms with Crippen LogP contribution in [-0.4, -0.2) is 24.5 Å². The zero-order valence-corrected chi connectivity index (χ0v) is 13.7. The maximum absolute atomic E-state index is 8.17. The van der Waals surface area contributed by atoms with E-state index in [0.717, 1.165) is 26.3 Å². The van der Waals surface area contributed by atoms with E-state index in [2.05, 4.69) is 32.9 Å². The number of fused-ring (bicyclic) bond motifs is 1. The molecule has 2 aromatic rings. The zero-order valence-electron chi connectivity index (χ0n) is 11.6. The van der Waals surface area contributed by atoms with Crippen LogP contribution >= 0.6 is 22.6 Å². The number of aromatic nitrogens is 1. The largest absolute Gasteiger partial charge is 0.483 e. The summed E-state index contributed by atoms with van der Waals surface area (Å²) < 4.78 is 6.78. The van der Waals surface area contributed by atoms with Crippen LogP contribution < -0.4 is 15.0 Å². The smallest absolute Gasteiger partial charge is 0.146 e. The highest BCUT2D eigenvalue weighted by atomic mass is 127. The van der Waals surface area contributed by atoms with Crippen molar-refractivity contribution in [2.24, 2.45) is 0 Å². The van der Waals surface area contributed by atoms with E-state index < -0.39 is 0 Å². The lowest BCUT2D eigenvalue weighted by Crippen LogP contribution is -2.37. The first-order chi connectivity index (χ1) is 10.2. The number of rotatable bonds is 3. The van der Waals surface area contributed by atoms with Crippen LogP contribution in [0.15, 0.2) is 36.7 Å². The lowest BCUT2D eigenvalue weighted by molar-refractivity contribution is 0.364. The van der Waals surface area contributed by atoms with Gasteiger partial charge in [0.05, 0.1) is 5.69 Å². The summed E-state index contributed by atoms with van der Waals surface area (Å²) in [5.74, 6) is 1.28. The molecule has 2 heterocycles. The van der Waals surface area contributed by atoms with Crippen LogP contribution in [0.2, 0.25) is 0 Å². The van der Waals surface area contributed by atoms with Gasteiger partial charge in [-0.05, 0) is 52.4 Å². The van der Waals surface area contributed by atoms with E-state index in [1.165, 1.54) is 0 Å². The Hall–Kier alpha value is -1.83. The molecule has 6 heteroatoms. The summed E-state index contributed by atoms with van der Waals surface area (Å²) in [5, 5.41) is 11.3. The molecule has 5 nitrogen and oxygen atoms in total. The van der Waals surface area contributed by atoms with Gasteiger partial charge < -0.3 is 15.0 Å². The molecule has 2 N–H and O–H groups in total. The molecule has 3 rings (SSSR count). The number of halogens is 1. The summed E-state index contributed by atoms with van der Waals surface area (Å²) in [7, 11) is 1.89. The van der Waals surface area contributed by atoms with Gasteiger partial charge in [0.25, 0.3) is 0 Å². The highest BCUT2D eigenvalue weighted by Gasteiger charge is 2.24. The van der Waals surface area contributed by atoms with Crippen molar-refractivity contribution in [2.45, 2.75) is 6.54 Å². The molecular weight excluding hydrogens is 379 g/mol. The van der Waals surface area contributed by atoms with Gasteiger partial charge in [-0.25, -0.2) is 0 Å². The van der Waals surface area contributed by atoms with E-state index in [1.54, 1.807) is 12.4 Å². The summed E-state index contributed by atoms with van der Waals surface area (Å²) in [6, 6.07) is 7.97. The third kappa shape index (κ3) is 2.80. The summed E-state index contributed by atoms with van der Waals surface area (Å²) in [6.45, 7) is 0.939. The minimum absolute atomic E-state index is 0.299. The molecule has 21 heavy (non-hydrogen) atoms. The standard InChI is InChI=1S/C15H15IN4O/c1-18-12-7-13-14(6-11(12)16)21-9-15(17)20(13)8-10-2-4-19-5-3-10/h2-7,17-18H,8-9H2,1H3. The van der Waals surface area contributed by atoms with Crippen molar-refractivity contribution in [1.29, 1.82) is 5.41 Å². The average molecular weight is 394 g/mol. The lowest BCUT2D eigenvalue weighted by atomic mass is 10.1. The second-order valence-corrected chi connectivity index (χ2v) is 5.89. The molecule has 0 fully saturated rings. The van der Waals surface area contributed by atoms with Gasteiger partial charge in [-0.3, -0.25) is 10.4 Å². The van der Waals surface area contributed by atoms with E-state index in [1.807, 2.05) is 36.2 Å². The van der Waals surface area contributed by atoms with Crippen LogP contribution in [0.1, 0.15) is 5.56 Å². The zero-order chi connectivity index (χ0) is 14.8. The predicted molar refractivity (Wildman–Crippen MR) is 92.3 cm³/mol. The SMILES string of the molecule is CNc1cc2c(cc1I)OCC(=N)N2Cc1ccncc1. The molecule has 1 aliphatic rings. The van der Waals surface area contributed by atoms with Gasteiger partial charge in [0.15, 0.2) is 0 Å². The van der Waals surface area contributed by atoms with Crippen molar-refractivity contribution >= 4 is 39.8 Å². The molecule has 0 radical (unpaired) electrons. The Morgan fingerprint density at radius 2 is 2.14 bits per heavy atom. The summed E-state index contributed by atoms with van der Waals surface area (Å²) in [4.78, 5) is 6.01. The fraction of sp³-hybridized carbons (Fsp3) is 0.200. The van der Waals surface area contributed by atoms with Gasteiger partial charge in [-0.15, -0.1) is 0 Å². The first kappa shape index (κ1) is 14.1. The normalized spacial score (nSPS) is 13.6. The molecule has 0 unspecified atom stereocenters. The van der Waals surface area contributed by atoms with Crippen LogP contribution in [0, 0.1) is 8.98 Å². The number of hydrogen-bond acceptors (Lipinski definition) is 4. The second-order valence-electron chi connectivity index (χ2n) is 4.73. The third-order valence-electron chi connectivity index (χ3n) is 3.39. The Balaban J connectivity index is 2.00. The van der Waals surface area contributed by atoms with Crippen molar-refractivity contribution in [2.75, 3.05) is 23.9 Å². The van der Waals surface area contributed by atoms with Gasteiger partial charge in [0, 0.05) is 35.2 Å². The number of nitrogens with zero attached hydrogens (tertiary/aromatic N) is 2. The molecule has 1 aromatic carbocycles. The molecule has 0 aliphatic carbocycles. The summed E-state index contributed by atoms with van der Waals surface area (Å²) >= 11 is 2.28. The Morgan fingerprint density at radius 3 is 2.86 bits per heavy atom. The number of anilines is 2. The molecule has 0 bridgehead atoms. The maximum Gasteiger partial charge on any atom is 0.146 e. The summed E-state index contributed by atoms with van der Waals surface area (Å²) in [6.07, 6.45) is 3.54. The quantitative estimate of drug-likeness (QED) is 0.786. The molecule has 108 valence electrons. The minimum Gasteiger partial charge on any atom is -0.483 e. The van der Waals surface area contributed by atoms with Gasteiger partial charge in [0.2, 0.25) is 0 Å². The minimum atomic E-state index is 0.299. The first-order valence-corrected chi connectivity index (χ1v) is 7.65. The molecule has 1 aromatic heterocycles. The van der Waals surface area contributed by atoms with Gasteiger partial charge in [0.1, 0.15) is 18.2 Å². The van der Waals surface area contributed by atoms with E-state index in [-0.39, 0.29) is 0 Å². The molecule has 0 atom stereocenters. The Labute approximate surface area is 137 Å². The maximum atomic E-state index is 8.17. The Bertz CT molecular complexity index is 675. The number of nitrogens with one attached hydrogen (secondary N) is 2. The van der Waals surface area contributed by atoms with Gasteiger partial charge in [-0.2, -0.15) is 0 Å². The highest BCUT2D eigenvalue weighted by molar-refractivity contribution is 14.1. The van der Waals surface area contributed by atoms with Crippen molar-refractivity contribution in [1.82, 2.24) is 4.98 Å². The Kier molecular flexibility index (Phi) is 3.96. The van der Waals surface area contributed by atoms with Crippen LogP contribution in [0.25, 0.3) is 0 Å². The van der Waals surface area contributed by atoms with E-state index >= 15 is 0 Å². The second kappa shape index (κ2) is 5.88. The molecule has 0 spiro atoms. The number of amidine groups is 1. The van der Waals surface area contributed by atoms with E-state index in [9.17, 15) is 0 Å². The number of hydrogen-bond donors (Lipinski definition) is 2. The average Bonchev–Trinajstić information content (AvgIpc) is 2.51. The third-order valence-corrected chi connectivity index (χ3v) is 4.28. The number of pyridine rings is 1. The first-order valence-electron chi connectivity index (χ1n) is 6.57. The molecule has 0 saturated heterocycles. The van der Waals surface area contributed by atoms with E-state index in [0.29, 0.717) is 19.0 Å². The predicted octanol–water partition coefficient (Wildman–Crippen LogP) is 3.10. The summed E-state index contributed by atoms with van der Waals surface area (Å²) in [5.41, 5.74) is 3.08. The van der Waals surface area contributed by atoms with Crippen LogP contribution in [-0.2, 0) is 6.54 Å². The molecular formula is C15H15IN4O. The van der Waals surface area contributed by atoms with Crippen molar-refractivity contribution in [3.05, 3.63) is 45.8 Å². The topological polar surface area (TPSA) is 61.2 Å². The fourth-order valence-corrected chi connectivity index (χ4v) is 2.99. The van der Waals surface area contributed by atoms with Crippen molar-refractivity contribution in [3.63, 3.8) is 0 Å². The lowest BCUT2D eigenvalue weighted by Gasteiger charge is -2.32. The van der Waals surface area contributed by atoms with Crippen LogP contribution in [0.5, 0.6) is 5.75 Å².